The normalized spacial score (nSPS) is 21.7. The summed E-state index contributed by atoms with van der Waals surface area (Å²) in [7, 11) is 2.09. The molecule has 0 saturated carbocycles. The van der Waals surface area contributed by atoms with Gasteiger partial charge in [0.1, 0.15) is 5.69 Å². The maximum absolute atomic E-state index is 12.9. The molecule has 0 fully saturated rings. The Bertz CT molecular complexity index is 854. The first-order valence-electron chi connectivity index (χ1n) is 11.5. The van der Waals surface area contributed by atoms with Gasteiger partial charge in [-0.05, 0) is 32.9 Å². The number of rotatable bonds is 6. The third kappa shape index (κ3) is 6.85. The molecule has 3 rings (SSSR count). The summed E-state index contributed by atoms with van der Waals surface area (Å²) in [4.78, 5) is 17.0. The van der Waals surface area contributed by atoms with Crippen LogP contribution in [0.15, 0.2) is 30.5 Å². The Labute approximate surface area is 191 Å². The topological polar surface area (TPSA) is 83.7 Å². The van der Waals surface area contributed by atoms with Crippen LogP contribution >= 0.6 is 0 Å². The van der Waals surface area contributed by atoms with Crippen LogP contribution in [0.4, 0.5) is 0 Å². The third-order valence-corrected chi connectivity index (χ3v) is 6.11. The summed E-state index contributed by atoms with van der Waals surface area (Å²) in [6, 6.07) is 8.34. The molecule has 1 N–H and O–H groups in total. The molecular formula is C24H37N5O3. The second-order valence-electron chi connectivity index (χ2n) is 9.16. The molecule has 0 aliphatic carbocycles. The van der Waals surface area contributed by atoms with Crippen molar-refractivity contribution in [1.82, 2.24) is 24.8 Å². The third-order valence-electron chi connectivity index (χ3n) is 6.11. The fraction of sp³-hybridized carbons (Fsp3) is 0.625. The molecule has 1 aliphatic rings. The number of hydrogen-bond donors (Lipinski definition) is 1. The Balaban J connectivity index is 1.75. The maximum atomic E-state index is 12.9. The summed E-state index contributed by atoms with van der Waals surface area (Å²) in [6.07, 6.45) is 2.91. The monoisotopic (exact) mass is 443 g/mol. The highest BCUT2D eigenvalue weighted by atomic mass is 16.5. The van der Waals surface area contributed by atoms with Gasteiger partial charge in [0.2, 0.25) is 5.91 Å². The minimum Gasteiger partial charge on any atom is -0.394 e. The zero-order valence-corrected chi connectivity index (χ0v) is 19.8. The van der Waals surface area contributed by atoms with Gasteiger partial charge in [0.05, 0.1) is 31.6 Å². The number of aromatic nitrogens is 3. The van der Waals surface area contributed by atoms with Crippen molar-refractivity contribution in [2.24, 2.45) is 5.92 Å². The van der Waals surface area contributed by atoms with E-state index in [1.54, 1.807) is 4.68 Å². The highest BCUT2D eigenvalue weighted by Gasteiger charge is 2.28. The van der Waals surface area contributed by atoms with Crippen LogP contribution < -0.4 is 0 Å². The van der Waals surface area contributed by atoms with Crippen LogP contribution in [-0.2, 0) is 29.2 Å². The van der Waals surface area contributed by atoms with E-state index in [1.165, 1.54) is 11.1 Å². The summed E-state index contributed by atoms with van der Waals surface area (Å²) in [5.74, 6) is 0.147. The van der Waals surface area contributed by atoms with Gasteiger partial charge in [-0.1, -0.05) is 42.0 Å². The number of benzene rings is 1. The highest BCUT2D eigenvalue weighted by Crippen LogP contribution is 2.18. The summed E-state index contributed by atoms with van der Waals surface area (Å²) in [6.45, 7) is 9.16. The van der Waals surface area contributed by atoms with Crippen LogP contribution in [0.1, 0.15) is 43.5 Å². The van der Waals surface area contributed by atoms with E-state index >= 15 is 0 Å². The molecule has 0 radical (unpaired) electrons. The largest absolute Gasteiger partial charge is 0.394 e. The Morgan fingerprint density at radius 2 is 2.06 bits per heavy atom. The molecule has 2 heterocycles. The predicted molar refractivity (Wildman–Crippen MR) is 123 cm³/mol. The van der Waals surface area contributed by atoms with E-state index in [0.29, 0.717) is 32.5 Å². The van der Waals surface area contributed by atoms with Gasteiger partial charge < -0.3 is 14.7 Å². The second kappa shape index (κ2) is 11.5. The van der Waals surface area contributed by atoms with Crippen molar-refractivity contribution >= 4 is 5.91 Å². The van der Waals surface area contributed by atoms with Crippen LogP contribution in [-0.4, -0.2) is 74.7 Å². The predicted octanol–water partition coefficient (Wildman–Crippen LogP) is 2.24. The second-order valence-corrected chi connectivity index (χ2v) is 9.16. The van der Waals surface area contributed by atoms with Crippen molar-refractivity contribution in [3.05, 3.63) is 47.3 Å². The molecule has 1 aromatic heterocycles. The number of nitrogens with zero attached hydrogens (tertiary/aromatic N) is 5. The van der Waals surface area contributed by atoms with Crippen molar-refractivity contribution in [2.75, 3.05) is 26.7 Å². The first-order chi connectivity index (χ1) is 15.4. The van der Waals surface area contributed by atoms with E-state index < -0.39 is 0 Å². The molecule has 0 unspecified atom stereocenters. The number of carbonyl (C=O) groups excluding carboxylic acids is 1. The lowest BCUT2D eigenvalue weighted by atomic mass is 10.0. The van der Waals surface area contributed by atoms with E-state index in [1.807, 2.05) is 18.0 Å². The van der Waals surface area contributed by atoms with Gasteiger partial charge in [-0.2, -0.15) is 0 Å². The van der Waals surface area contributed by atoms with Gasteiger partial charge in [0, 0.05) is 38.5 Å². The molecule has 8 heteroatoms. The fourth-order valence-corrected chi connectivity index (χ4v) is 4.07. The minimum absolute atomic E-state index is 0.0522. The molecule has 2 bridgehead atoms. The number of aliphatic hydroxyl groups is 1. The number of aliphatic hydroxyl groups excluding tert-OH is 1. The Hall–Kier alpha value is -2.29. The molecule has 2 aromatic rings. The van der Waals surface area contributed by atoms with Gasteiger partial charge >= 0.3 is 0 Å². The van der Waals surface area contributed by atoms with Gasteiger partial charge in [-0.3, -0.25) is 14.4 Å². The Morgan fingerprint density at radius 1 is 1.31 bits per heavy atom. The van der Waals surface area contributed by atoms with Crippen LogP contribution in [0.2, 0.25) is 0 Å². The van der Waals surface area contributed by atoms with E-state index in [9.17, 15) is 9.90 Å². The number of likely N-dealkylation sites (N-methyl/N-ethyl adjacent to an activating group) is 1. The summed E-state index contributed by atoms with van der Waals surface area (Å²) >= 11 is 0. The smallest absolute Gasteiger partial charge is 0.222 e. The van der Waals surface area contributed by atoms with Crippen molar-refractivity contribution < 1.29 is 14.6 Å². The summed E-state index contributed by atoms with van der Waals surface area (Å²) in [5.41, 5.74) is 3.30. The molecular weight excluding hydrogens is 406 g/mol. The molecule has 32 heavy (non-hydrogen) atoms. The van der Waals surface area contributed by atoms with Gasteiger partial charge in [-0.25, -0.2) is 0 Å². The fourth-order valence-electron chi connectivity index (χ4n) is 4.07. The van der Waals surface area contributed by atoms with Crippen molar-refractivity contribution in [1.29, 1.82) is 0 Å². The van der Waals surface area contributed by atoms with E-state index in [0.717, 1.165) is 18.8 Å². The first-order valence-corrected chi connectivity index (χ1v) is 11.5. The molecule has 8 nitrogen and oxygen atoms in total. The Kier molecular flexibility index (Phi) is 8.78. The van der Waals surface area contributed by atoms with E-state index in [-0.39, 0.29) is 30.6 Å². The standard InChI is InChI=1S/C24H37N5O3/c1-18-7-9-21(10-8-18)13-27(4)15-23-19(2)12-29(20(3)16-30)24(31)6-5-11-28-14-22(17-32-23)25-26-28/h7-10,14,19-20,23,30H,5-6,11-13,15-17H2,1-4H3/t19-,20+,23-/m1/s1. The lowest BCUT2D eigenvalue weighted by Crippen LogP contribution is -2.47. The van der Waals surface area contributed by atoms with Gasteiger partial charge in [-0.15, -0.1) is 5.10 Å². The lowest BCUT2D eigenvalue weighted by Gasteiger charge is -2.35. The number of amides is 1. The summed E-state index contributed by atoms with van der Waals surface area (Å²) < 4.78 is 8.10. The zero-order chi connectivity index (χ0) is 23.1. The molecule has 3 atom stereocenters. The SMILES string of the molecule is Cc1ccc(CN(C)C[C@H]2OCc3cn(nn3)CCCC(=O)N([C@@H](C)CO)C[C@H]2C)cc1. The highest BCUT2D eigenvalue weighted by molar-refractivity contribution is 5.76. The zero-order valence-electron chi connectivity index (χ0n) is 19.8. The number of carbonyl (C=O) groups is 1. The number of aryl methyl sites for hydroxylation is 2. The molecule has 176 valence electrons. The first kappa shape index (κ1) is 24.4. The van der Waals surface area contributed by atoms with Gasteiger partial charge in [0.15, 0.2) is 0 Å². The number of hydrogen-bond acceptors (Lipinski definition) is 6. The van der Waals surface area contributed by atoms with Crippen molar-refractivity contribution in [2.45, 2.75) is 65.5 Å². The summed E-state index contributed by atoms with van der Waals surface area (Å²) in [5, 5.41) is 18.1. The number of fused-ring (bicyclic) bond motifs is 2. The number of ether oxygens (including phenoxy) is 1. The van der Waals surface area contributed by atoms with Crippen LogP contribution in [0.3, 0.4) is 0 Å². The quantitative estimate of drug-likeness (QED) is 0.737. The van der Waals surface area contributed by atoms with Crippen molar-refractivity contribution in [3.8, 4) is 0 Å². The average Bonchev–Trinajstić information content (AvgIpc) is 3.23. The van der Waals surface area contributed by atoms with Crippen LogP contribution in [0, 0.1) is 12.8 Å². The molecule has 1 aromatic carbocycles. The average molecular weight is 444 g/mol. The maximum Gasteiger partial charge on any atom is 0.222 e. The Morgan fingerprint density at radius 3 is 2.78 bits per heavy atom. The molecule has 1 amide bonds. The van der Waals surface area contributed by atoms with Crippen LogP contribution in [0.5, 0.6) is 0 Å². The molecule has 0 spiro atoms. The van der Waals surface area contributed by atoms with Crippen molar-refractivity contribution in [3.63, 3.8) is 0 Å². The minimum atomic E-state index is -0.224. The van der Waals surface area contributed by atoms with Crippen LogP contribution in [0.25, 0.3) is 0 Å². The van der Waals surface area contributed by atoms with E-state index in [4.69, 9.17) is 4.74 Å². The lowest BCUT2D eigenvalue weighted by molar-refractivity contribution is -0.136. The van der Waals surface area contributed by atoms with Gasteiger partial charge in [0.25, 0.3) is 0 Å². The molecule has 1 aliphatic heterocycles. The molecule has 0 saturated heterocycles. The van der Waals surface area contributed by atoms with E-state index in [2.05, 4.69) is 60.4 Å².